The maximum atomic E-state index is 12.6. The van der Waals surface area contributed by atoms with E-state index < -0.39 is 17.9 Å². The molecule has 0 saturated carbocycles. The van der Waals surface area contributed by atoms with Crippen LogP contribution >= 0.6 is 0 Å². The highest BCUT2D eigenvalue weighted by molar-refractivity contribution is 5.97. The largest absolute Gasteiger partial charge is 0.462 e. The molecule has 0 spiro atoms. The third kappa shape index (κ3) is 4.08. The average molecular weight is 372 g/mol. The highest BCUT2D eigenvalue weighted by atomic mass is 16.5. The molecule has 9 nitrogen and oxygen atoms in total. The molecule has 1 aliphatic heterocycles. The number of hydrogen-bond acceptors (Lipinski definition) is 6. The molecular formula is C18H20N4O5. The summed E-state index contributed by atoms with van der Waals surface area (Å²) in [6.45, 7) is 4.47. The van der Waals surface area contributed by atoms with Gasteiger partial charge in [-0.2, -0.15) is 0 Å². The van der Waals surface area contributed by atoms with E-state index in [2.05, 4.69) is 10.5 Å². The van der Waals surface area contributed by atoms with Crippen LogP contribution in [-0.2, 0) is 4.74 Å². The number of urea groups is 1. The summed E-state index contributed by atoms with van der Waals surface area (Å²) in [5.41, 5.74) is 0.917. The molecule has 142 valence electrons. The summed E-state index contributed by atoms with van der Waals surface area (Å²) in [5, 5.41) is 9.07. The molecule has 1 aromatic carbocycles. The van der Waals surface area contributed by atoms with Crippen molar-refractivity contribution < 1.29 is 23.6 Å². The standard InChI is InChI=1S/C18H20N4O5/c1-3-26-17(24)13-6-4-7-14(11-13)19-18(25)22-9-5-8-21(22)16(23)15-10-12(2)27-20-15/h4,6-7,10-11H,3,5,8-9H2,1-2H3,(H,19,25). The molecule has 3 rings (SSSR count). The van der Waals surface area contributed by atoms with E-state index in [0.717, 1.165) is 0 Å². The van der Waals surface area contributed by atoms with Crippen molar-refractivity contribution in [1.29, 1.82) is 0 Å². The number of carbonyl (C=O) groups excluding carboxylic acids is 3. The fourth-order valence-corrected chi connectivity index (χ4v) is 2.76. The second-order valence-corrected chi connectivity index (χ2v) is 5.96. The number of ether oxygens (including phenoxy) is 1. The molecule has 27 heavy (non-hydrogen) atoms. The monoisotopic (exact) mass is 372 g/mol. The van der Waals surface area contributed by atoms with Gasteiger partial charge in [0.25, 0.3) is 5.91 Å². The second kappa shape index (κ2) is 7.90. The van der Waals surface area contributed by atoms with Crippen molar-refractivity contribution in [2.24, 2.45) is 0 Å². The van der Waals surface area contributed by atoms with Crippen LogP contribution in [0.3, 0.4) is 0 Å². The zero-order chi connectivity index (χ0) is 19.4. The van der Waals surface area contributed by atoms with Gasteiger partial charge in [-0.05, 0) is 38.5 Å². The predicted molar refractivity (Wildman–Crippen MR) is 95.0 cm³/mol. The first-order valence-electron chi connectivity index (χ1n) is 8.60. The number of nitrogens with zero attached hydrogens (tertiary/aromatic N) is 3. The minimum Gasteiger partial charge on any atom is -0.462 e. The van der Waals surface area contributed by atoms with Crippen LogP contribution in [0.2, 0.25) is 0 Å². The fraction of sp³-hybridized carbons (Fsp3) is 0.333. The van der Waals surface area contributed by atoms with E-state index in [0.29, 0.717) is 36.5 Å². The van der Waals surface area contributed by atoms with E-state index in [1.54, 1.807) is 32.0 Å². The predicted octanol–water partition coefficient (Wildman–Crippen LogP) is 2.45. The van der Waals surface area contributed by atoms with Gasteiger partial charge >= 0.3 is 12.0 Å². The van der Waals surface area contributed by atoms with Gasteiger partial charge in [-0.3, -0.25) is 4.79 Å². The number of nitrogens with one attached hydrogen (secondary N) is 1. The number of aromatic nitrogens is 1. The molecule has 1 aliphatic rings. The Morgan fingerprint density at radius 3 is 2.70 bits per heavy atom. The van der Waals surface area contributed by atoms with Gasteiger partial charge in [-0.25, -0.2) is 19.6 Å². The molecule has 0 bridgehead atoms. The van der Waals surface area contributed by atoms with Crippen molar-refractivity contribution in [2.75, 3.05) is 25.0 Å². The van der Waals surface area contributed by atoms with Crippen molar-refractivity contribution in [3.8, 4) is 0 Å². The highest BCUT2D eigenvalue weighted by Gasteiger charge is 2.32. The van der Waals surface area contributed by atoms with Gasteiger partial charge in [0.05, 0.1) is 12.2 Å². The van der Waals surface area contributed by atoms with Crippen LogP contribution < -0.4 is 5.32 Å². The molecule has 0 unspecified atom stereocenters. The average Bonchev–Trinajstić information content (AvgIpc) is 3.30. The number of amides is 3. The quantitative estimate of drug-likeness (QED) is 0.827. The summed E-state index contributed by atoms with van der Waals surface area (Å²) in [6, 6.07) is 7.49. The number of aryl methyl sites for hydroxylation is 1. The zero-order valence-corrected chi connectivity index (χ0v) is 15.1. The van der Waals surface area contributed by atoms with Crippen molar-refractivity contribution in [1.82, 2.24) is 15.2 Å². The number of hydrazine groups is 1. The lowest BCUT2D eigenvalue weighted by Gasteiger charge is -2.27. The summed E-state index contributed by atoms with van der Waals surface area (Å²) in [4.78, 5) is 37.0. The number of benzene rings is 1. The van der Waals surface area contributed by atoms with Gasteiger partial charge in [0, 0.05) is 24.8 Å². The molecule has 1 saturated heterocycles. The van der Waals surface area contributed by atoms with Gasteiger partial charge in [0.15, 0.2) is 5.69 Å². The number of anilines is 1. The smallest absolute Gasteiger partial charge is 0.340 e. The first kappa shape index (κ1) is 18.4. The SMILES string of the molecule is CCOC(=O)c1cccc(NC(=O)N2CCCN2C(=O)c2cc(C)on2)c1. The van der Waals surface area contributed by atoms with Gasteiger partial charge in [-0.1, -0.05) is 11.2 Å². The summed E-state index contributed by atoms with van der Waals surface area (Å²) in [7, 11) is 0. The minimum atomic E-state index is -0.470. The molecule has 0 aliphatic carbocycles. The molecular weight excluding hydrogens is 352 g/mol. The molecule has 9 heteroatoms. The first-order chi connectivity index (χ1) is 13.0. The van der Waals surface area contributed by atoms with E-state index in [9.17, 15) is 14.4 Å². The number of esters is 1. The Balaban J connectivity index is 1.71. The van der Waals surface area contributed by atoms with Crippen molar-refractivity contribution in [2.45, 2.75) is 20.3 Å². The van der Waals surface area contributed by atoms with E-state index in [-0.39, 0.29) is 12.3 Å². The lowest BCUT2D eigenvalue weighted by atomic mass is 10.2. The molecule has 0 atom stereocenters. The fourth-order valence-electron chi connectivity index (χ4n) is 2.76. The molecule has 1 fully saturated rings. The van der Waals surface area contributed by atoms with E-state index >= 15 is 0 Å². The first-order valence-corrected chi connectivity index (χ1v) is 8.60. The lowest BCUT2D eigenvalue weighted by Crippen LogP contribution is -2.46. The lowest BCUT2D eigenvalue weighted by molar-refractivity contribution is 0.0394. The normalized spacial score (nSPS) is 13.6. The molecule has 3 amide bonds. The van der Waals surface area contributed by atoms with E-state index in [4.69, 9.17) is 9.26 Å². The molecule has 1 aromatic heterocycles. The van der Waals surface area contributed by atoms with Crippen LogP contribution in [0.15, 0.2) is 34.9 Å². The highest BCUT2D eigenvalue weighted by Crippen LogP contribution is 2.18. The molecule has 0 radical (unpaired) electrons. The zero-order valence-electron chi connectivity index (χ0n) is 15.1. The number of rotatable bonds is 4. The maximum absolute atomic E-state index is 12.6. The minimum absolute atomic E-state index is 0.150. The van der Waals surface area contributed by atoms with Gasteiger partial charge in [-0.15, -0.1) is 0 Å². The summed E-state index contributed by atoms with van der Waals surface area (Å²) >= 11 is 0. The Labute approximate surface area is 155 Å². The Hall–Kier alpha value is -3.36. The Bertz CT molecular complexity index is 863. The molecule has 1 N–H and O–H groups in total. The summed E-state index contributed by atoms with van der Waals surface area (Å²) < 4.78 is 9.89. The van der Waals surface area contributed by atoms with Crippen LogP contribution in [0.1, 0.15) is 40.0 Å². The van der Waals surface area contributed by atoms with Crippen molar-refractivity contribution >= 4 is 23.6 Å². The Kier molecular flexibility index (Phi) is 5.39. The second-order valence-electron chi connectivity index (χ2n) is 5.96. The third-order valence-corrected chi connectivity index (χ3v) is 3.97. The summed E-state index contributed by atoms with van der Waals surface area (Å²) in [5.74, 6) is -0.350. The van der Waals surface area contributed by atoms with Crippen LogP contribution in [0.4, 0.5) is 10.5 Å². The Morgan fingerprint density at radius 1 is 1.22 bits per heavy atom. The van der Waals surface area contributed by atoms with Crippen LogP contribution in [-0.4, -0.2) is 52.8 Å². The summed E-state index contributed by atoms with van der Waals surface area (Å²) in [6.07, 6.45) is 0.652. The molecule has 2 aromatic rings. The molecule has 2 heterocycles. The third-order valence-electron chi connectivity index (χ3n) is 3.97. The number of hydrogen-bond donors (Lipinski definition) is 1. The van der Waals surface area contributed by atoms with Crippen LogP contribution in [0.5, 0.6) is 0 Å². The van der Waals surface area contributed by atoms with Gasteiger partial charge in [0.1, 0.15) is 5.76 Å². The maximum Gasteiger partial charge on any atom is 0.340 e. The van der Waals surface area contributed by atoms with E-state index in [1.165, 1.54) is 22.2 Å². The van der Waals surface area contributed by atoms with Crippen LogP contribution in [0, 0.1) is 6.92 Å². The van der Waals surface area contributed by atoms with E-state index in [1.807, 2.05) is 0 Å². The number of carbonyl (C=O) groups is 3. The van der Waals surface area contributed by atoms with Gasteiger partial charge in [0.2, 0.25) is 0 Å². The van der Waals surface area contributed by atoms with Crippen molar-refractivity contribution in [3.05, 3.63) is 47.3 Å². The van der Waals surface area contributed by atoms with Crippen LogP contribution in [0.25, 0.3) is 0 Å². The van der Waals surface area contributed by atoms with Crippen molar-refractivity contribution in [3.63, 3.8) is 0 Å². The Morgan fingerprint density at radius 2 is 2.00 bits per heavy atom. The topological polar surface area (TPSA) is 105 Å². The van der Waals surface area contributed by atoms with Gasteiger partial charge < -0.3 is 14.6 Å².